The Bertz CT molecular complexity index is 2950. The van der Waals surface area contributed by atoms with Gasteiger partial charge in [-0.3, -0.25) is 19.4 Å². The van der Waals surface area contributed by atoms with Gasteiger partial charge in [-0.05, 0) is 111 Å². The second kappa shape index (κ2) is 29.1. The van der Waals surface area contributed by atoms with E-state index in [1.165, 1.54) is 12.0 Å². The summed E-state index contributed by atoms with van der Waals surface area (Å²) in [6.45, 7) is 5.70. The monoisotopic (exact) mass is 1030 g/mol. The van der Waals surface area contributed by atoms with Crippen LogP contribution in [0, 0.1) is 37.5 Å². The summed E-state index contributed by atoms with van der Waals surface area (Å²) in [6, 6.07) is 48.5. The first-order valence-electron chi connectivity index (χ1n) is 25.1. The number of esters is 1. The van der Waals surface area contributed by atoms with E-state index in [9.17, 15) is 24.3 Å². The molecule has 394 valence electrons. The van der Waals surface area contributed by atoms with E-state index in [0.717, 1.165) is 56.0 Å². The number of likely N-dealkylation sites (tertiary alicyclic amines) is 2. The van der Waals surface area contributed by atoms with E-state index >= 15 is 0 Å². The molecule has 6 aromatic rings. The molecule has 0 aliphatic carbocycles. The molecule has 2 fully saturated rings. The first kappa shape index (κ1) is 60.3. The molecule has 4 atom stereocenters. The number of amides is 2. The molecule has 2 aliphatic rings. The minimum Gasteiger partial charge on any atom is -0.870 e. The fraction of sp³-hybridized carbons (Fsp3) is 0.302. The van der Waals surface area contributed by atoms with Gasteiger partial charge in [-0.2, -0.15) is 0 Å². The summed E-state index contributed by atoms with van der Waals surface area (Å²) in [5, 5.41) is 10.00. The molecular formula is C63H67LiN4O9. The number of rotatable bonds is 14. The molecule has 0 spiro atoms. The summed E-state index contributed by atoms with van der Waals surface area (Å²) in [5.74, 6) is 11.7. The third-order valence-corrected chi connectivity index (χ3v) is 14.1. The Morgan fingerprint density at radius 3 is 1.21 bits per heavy atom. The average Bonchev–Trinajstić information content (AvgIpc) is 4.10. The predicted molar refractivity (Wildman–Crippen MR) is 293 cm³/mol. The van der Waals surface area contributed by atoms with Crippen LogP contribution in [0.25, 0.3) is 0 Å². The van der Waals surface area contributed by atoms with Crippen molar-refractivity contribution in [2.45, 2.75) is 62.7 Å². The van der Waals surface area contributed by atoms with Gasteiger partial charge in [0, 0.05) is 36.3 Å². The van der Waals surface area contributed by atoms with E-state index in [1.807, 2.05) is 191 Å². The van der Waals surface area contributed by atoms with E-state index in [4.69, 9.17) is 14.2 Å². The smallest absolute Gasteiger partial charge is 0.870 e. The van der Waals surface area contributed by atoms with Crippen molar-refractivity contribution in [2.24, 2.45) is 0 Å². The van der Waals surface area contributed by atoms with Gasteiger partial charge in [0.05, 0.1) is 46.3 Å². The molecule has 14 heteroatoms. The minimum absolute atomic E-state index is 0. The zero-order valence-electron chi connectivity index (χ0n) is 45.3. The predicted octanol–water partition coefficient (Wildman–Crippen LogP) is 5.26. The first-order chi connectivity index (χ1) is 36.3. The van der Waals surface area contributed by atoms with Gasteiger partial charge in [-0.1, -0.05) is 145 Å². The maximum absolute atomic E-state index is 14.1. The topological polar surface area (TPSA) is 159 Å². The van der Waals surface area contributed by atoms with Crippen LogP contribution in [-0.2, 0) is 23.9 Å². The molecule has 2 heterocycles. The fourth-order valence-corrected chi connectivity index (χ4v) is 9.92. The molecule has 2 saturated heterocycles. The minimum atomic E-state index is -0.982. The Balaban J connectivity index is 0.000000277. The Morgan fingerprint density at radius 1 is 0.558 bits per heavy atom. The van der Waals surface area contributed by atoms with Crippen LogP contribution in [0.5, 0.6) is 11.5 Å². The number of carboxylic acids is 1. The molecule has 0 radical (unpaired) electrons. The molecule has 0 unspecified atom stereocenters. The number of likely N-dealkylation sites (N-methyl/N-ethyl adjacent to an activating group) is 2. The third kappa shape index (κ3) is 15.3. The molecule has 0 bridgehead atoms. The van der Waals surface area contributed by atoms with Crippen LogP contribution in [0.1, 0.15) is 69.2 Å². The number of aliphatic carboxylic acids is 1. The van der Waals surface area contributed by atoms with Crippen LogP contribution >= 0.6 is 0 Å². The van der Waals surface area contributed by atoms with Crippen LogP contribution in [0.15, 0.2) is 158 Å². The van der Waals surface area contributed by atoms with Crippen LogP contribution in [0.3, 0.4) is 0 Å². The zero-order valence-corrected chi connectivity index (χ0v) is 45.3. The molecular weight excluding hydrogens is 964 g/mol. The largest absolute Gasteiger partial charge is 1.00 e. The molecule has 8 rings (SSSR count). The van der Waals surface area contributed by atoms with Gasteiger partial charge in [-0.25, -0.2) is 9.59 Å². The molecule has 2 aliphatic heterocycles. The van der Waals surface area contributed by atoms with Gasteiger partial charge in [0.2, 0.25) is 11.8 Å². The number of benzene rings is 6. The number of carbonyl (C=O) groups excluding carboxylic acids is 3. The van der Waals surface area contributed by atoms with Crippen molar-refractivity contribution in [2.75, 3.05) is 61.6 Å². The number of ether oxygens (including phenoxy) is 3. The van der Waals surface area contributed by atoms with Crippen molar-refractivity contribution in [1.82, 2.24) is 19.6 Å². The van der Waals surface area contributed by atoms with E-state index in [1.54, 1.807) is 19.1 Å². The second-order valence-corrected chi connectivity index (χ2v) is 19.0. The first-order valence-corrected chi connectivity index (χ1v) is 25.1. The number of aryl methyl sites for hydroxylation is 2. The van der Waals surface area contributed by atoms with Crippen LogP contribution in [0.2, 0.25) is 0 Å². The number of carbonyl (C=O) groups is 4. The van der Waals surface area contributed by atoms with Gasteiger partial charge in [0.1, 0.15) is 23.6 Å². The van der Waals surface area contributed by atoms with Gasteiger partial charge in [0.25, 0.3) is 0 Å². The van der Waals surface area contributed by atoms with Crippen molar-refractivity contribution in [1.29, 1.82) is 0 Å². The van der Waals surface area contributed by atoms with Crippen molar-refractivity contribution in [3.05, 3.63) is 202 Å². The van der Waals surface area contributed by atoms with Gasteiger partial charge < -0.3 is 34.6 Å². The van der Waals surface area contributed by atoms with Crippen molar-refractivity contribution < 1.29 is 62.8 Å². The standard InChI is InChI=1S/C32H34N2O4.C31H32N2O4.Li.H2O/c1-23-20-24(17-18-29(23)37-3)12-11-19-33(2)27-21-28(32(36)38-4)34(22-27)31(35)30(25-13-7-5-8-14-25)26-15-9-6-10-16-26;1-22-19-23(16-17-28(22)37-3)11-10-18-32(2)26-20-27(31(35)36)33(21-26)30(34)29(24-12-6-4-7-13-24)25-14-8-5-9-15-25;;/h5-10,13-18,20,27-28,30H,19,21-22H2,1-4H3;4-9,12-17,19,26-27,29H,18,20-21H2,1-3H3,(H,35,36);;1H2/q;;+1;/p-1/t27-,28-;26-,27-;;/m00../s1. The molecule has 77 heavy (non-hydrogen) atoms. The van der Waals surface area contributed by atoms with Crippen LogP contribution in [-0.4, -0.2) is 140 Å². The normalized spacial score (nSPS) is 16.4. The van der Waals surface area contributed by atoms with Crippen molar-refractivity contribution in [3.63, 3.8) is 0 Å². The van der Waals surface area contributed by atoms with E-state index < -0.39 is 35.9 Å². The zero-order chi connectivity index (χ0) is 53.4. The Hall–Kier alpha value is -7.60. The number of hydrogen-bond acceptors (Lipinski definition) is 10. The average molecular weight is 1030 g/mol. The van der Waals surface area contributed by atoms with Crippen molar-refractivity contribution in [3.8, 4) is 35.2 Å². The molecule has 13 nitrogen and oxygen atoms in total. The third-order valence-electron chi connectivity index (χ3n) is 14.1. The number of nitrogens with zero attached hydrogens (tertiary/aromatic N) is 4. The second-order valence-electron chi connectivity index (χ2n) is 19.0. The van der Waals surface area contributed by atoms with Gasteiger partial charge in [-0.15, -0.1) is 0 Å². The van der Waals surface area contributed by atoms with Gasteiger partial charge in [0.15, 0.2) is 0 Å². The SMILES string of the molecule is COC(=O)[C@@H]1C[C@H](N(C)CC#Cc2ccc(OC)c(C)c2)CN1C(=O)C(c1ccccc1)c1ccccc1.COc1ccc(C#CCN(C)[C@H]2C[C@@H](C(=O)O)N(C(=O)C(c3ccccc3)c3ccccc3)C2)cc1C.[Li+].[OH-]. The molecule has 2 N–H and O–H groups in total. The number of carboxylic acid groups (broad SMARTS) is 1. The van der Waals surface area contributed by atoms with Crippen LogP contribution < -0.4 is 28.3 Å². The maximum atomic E-state index is 14.1. The summed E-state index contributed by atoms with van der Waals surface area (Å²) in [5.41, 5.74) is 7.34. The Morgan fingerprint density at radius 2 is 0.896 bits per heavy atom. The number of hydrogen-bond donors (Lipinski definition) is 1. The molecule has 0 aromatic heterocycles. The Kier molecular flexibility index (Phi) is 22.7. The van der Waals surface area contributed by atoms with E-state index in [2.05, 4.69) is 28.6 Å². The molecule has 2 amide bonds. The fourth-order valence-electron chi connectivity index (χ4n) is 9.92. The van der Waals surface area contributed by atoms with Crippen LogP contribution in [0.4, 0.5) is 0 Å². The summed E-state index contributed by atoms with van der Waals surface area (Å²) in [4.78, 5) is 60.4. The quantitative estimate of drug-likeness (QED) is 0.0862. The van der Waals surface area contributed by atoms with Gasteiger partial charge >= 0.3 is 30.8 Å². The summed E-state index contributed by atoms with van der Waals surface area (Å²) in [6.07, 6.45) is 0.853. The maximum Gasteiger partial charge on any atom is 1.00 e. The number of methoxy groups -OCH3 is 3. The van der Waals surface area contributed by atoms with E-state index in [0.29, 0.717) is 39.0 Å². The Labute approximate surface area is 465 Å². The van der Waals surface area contributed by atoms with E-state index in [-0.39, 0.29) is 48.2 Å². The van der Waals surface area contributed by atoms with Crippen molar-refractivity contribution >= 4 is 23.8 Å². The summed E-state index contributed by atoms with van der Waals surface area (Å²) in [7, 11) is 8.58. The summed E-state index contributed by atoms with van der Waals surface area (Å²) < 4.78 is 15.7. The molecule has 6 aromatic carbocycles. The summed E-state index contributed by atoms with van der Waals surface area (Å²) >= 11 is 0. The molecule has 0 saturated carbocycles.